The molecular weight excluding hydrogens is 632 g/mol. The van der Waals surface area contributed by atoms with Crippen molar-refractivity contribution in [1.82, 2.24) is 92.3 Å². The van der Waals surface area contributed by atoms with E-state index < -0.39 is 36.6 Å². The lowest BCUT2D eigenvalue weighted by atomic mass is 10.3. The average Bonchev–Trinajstić information content (AvgIpc) is 1.94. The van der Waals surface area contributed by atoms with Crippen LogP contribution < -0.4 is 92.3 Å². The zero-order chi connectivity index (χ0) is 17.9. The van der Waals surface area contributed by atoms with Crippen molar-refractivity contribution in [1.29, 1.82) is 0 Å². The first-order valence-corrected chi connectivity index (χ1v) is 3.87. The van der Waals surface area contributed by atoms with Gasteiger partial charge in [-0.2, -0.15) is 0 Å². The molecule has 304 valence electrons. The van der Waals surface area contributed by atoms with Gasteiger partial charge in [0.05, 0.1) is 0 Å². The van der Waals surface area contributed by atoms with Crippen molar-refractivity contribution in [3.05, 3.63) is 0 Å². The van der Waals surface area contributed by atoms with Crippen LogP contribution in [0.25, 0.3) is 0 Å². The van der Waals surface area contributed by atoms with E-state index in [2.05, 4.69) is 0 Å². The van der Waals surface area contributed by atoms with Crippen LogP contribution >= 0.6 is 0 Å². The molecule has 0 aromatic carbocycles. The van der Waals surface area contributed by atoms with Crippen molar-refractivity contribution in [3.8, 4) is 0 Å². The van der Waals surface area contributed by atoms with Gasteiger partial charge in [0.2, 0.25) is 0 Å². The molecule has 43 heavy (non-hydrogen) atoms. The summed E-state index contributed by atoms with van der Waals surface area (Å²) in [6.45, 7) is 0. The highest BCUT2D eigenvalue weighted by Gasteiger charge is 1.94. The zero-order valence-electron chi connectivity index (χ0n) is 24.2. The second-order valence-electron chi connectivity index (χ2n) is 1.73. The lowest BCUT2D eigenvalue weighted by Gasteiger charge is -1.69. The number of hydrogen-bond acceptors (Lipinski definition) is 30. The molecule has 0 amide bonds. The standard InChI is InChI=1S/5BH3O3.15H3N.8H2O/c5*2-1(3)4;;;;;;;;;;;;;;;;;;;;;;;/h5*2-4H;15*1H3;8*1H2. The summed E-state index contributed by atoms with van der Waals surface area (Å²) in [4.78, 5) is 0. The molecule has 76 N–H and O–H groups in total. The molecule has 0 fully saturated rings. The van der Waals surface area contributed by atoms with Gasteiger partial charge in [0, 0.05) is 0 Å². The molecule has 0 heterocycles. The fourth-order valence-electron chi connectivity index (χ4n) is 0. The highest BCUT2D eigenvalue weighted by molar-refractivity contribution is 6.31. The van der Waals surface area contributed by atoms with E-state index in [0.717, 1.165) is 0 Å². The quantitative estimate of drug-likeness (QED) is 0.104. The molecule has 0 saturated heterocycles. The van der Waals surface area contributed by atoms with Gasteiger partial charge in [-0.25, -0.2) is 0 Å². The third-order valence-electron chi connectivity index (χ3n) is 0. The molecule has 0 unspecified atom stereocenters. The lowest BCUT2D eigenvalue weighted by molar-refractivity contribution is 0.276. The fraction of sp³-hybridized carbons (Fsp3) is 0. The molecule has 38 nitrogen and oxygen atoms in total. The minimum atomic E-state index is -2.17. The maximum absolute atomic E-state index is 7.17. The van der Waals surface area contributed by atoms with Gasteiger partial charge in [-0.05, 0) is 0 Å². The van der Waals surface area contributed by atoms with Gasteiger partial charge in [0.15, 0.2) is 0 Å². The smallest absolute Gasteiger partial charge is 0.412 e. The summed E-state index contributed by atoms with van der Waals surface area (Å²) in [5.41, 5.74) is 0. The van der Waals surface area contributed by atoms with Crippen LogP contribution in [0.5, 0.6) is 0 Å². The molecule has 0 rings (SSSR count). The van der Waals surface area contributed by atoms with Crippen molar-refractivity contribution in [3.63, 3.8) is 0 Å². The van der Waals surface area contributed by atoms with Gasteiger partial charge in [0.25, 0.3) is 0 Å². The predicted molar refractivity (Wildman–Crippen MR) is 166 cm³/mol. The summed E-state index contributed by atoms with van der Waals surface area (Å²) in [5.74, 6) is 0. The Kier molecular flexibility index (Phi) is 2880. The van der Waals surface area contributed by atoms with Gasteiger partial charge in [-0.3, -0.25) is 0 Å². The first-order chi connectivity index (χ1) is 8.66. The van der Waals surface area contributed by atoms with Crippen LogP contribution in [0.15, 0.2) is 0 Å². The second-order valence-corrected chi connectivity index (χ2v) is 1.73. The first-order valence-electron chi connectivity index (χ1n) is 3.87. The average molecular weight is 709 g/mol. The van der Waals surface area contributed by atoms with Gasteiger partial charge in [0.1, 0.15) is 0 Å². The SMILES string of the molecule is N.N.N.N.N.N.N.N.N.N.N.N.N.N.N.O.O.O.O.O.O.O.O.OB(O)O.OB(O)O.OB(O)O.OB(O)O.OB(O)O. The summed E-state index contributed by atoms with van der Waals surface area (Å²) in [6.07, 6.45) is 0. The molecule has 0 aliphatic rings. The number of rotatable bonds is 0. The summed E-state index contributed by atoms with van der Waals surface area (Å²) < 4.78 is 0. The van der Waals surface area contributed by atoms with E-state index in [1.807, 2.05) is 0 Å². The van der Waals surface area contributed by atoms with Crippen LogP contribution in [-0.4, -0.2) is 156 Å². The van der Waals surface area contributed by atoms with Crippen LogP contribution in [-0.2, 0) is 0 Å². The minimum Gasteiger partial charge on any atom is -0.412 e. The minimum absolute atomic E-state index is 0. The van der Waals surface area contributed by atoms with Crippen molar-refractivity contribution in [2.45, 2.75) is 0 Å². The Morgan fingerprint density at radius 3 is 0.140 bits per heavy atom. The highest BCUT2D eigenvalue weighted by atomic mass is 16.5. The molecule has 0 bridgehead atoms. The van der Waals surface area contributed by atoms with Crippen LogP contribution in [0.1, 0.15) is 0 Å². The third-order valence-corrected chi connectivity index (χ3v) is 0. The molecule has 0 radical (unpaired) electrons. The Labute approximate surface area is 249 Å². The molecule has 0 aromatic rings. The van der Waals surface area contributed by atoms with Gasteiger partial charge >= 0.3 is 36.6 Å². The topological polar surface area (TPSA) is 1080 Å². The predicted octanol–water partition coefficient (Wildman–Crippen LogP) is -14.4. The summed E-state index contributed by atoms with van der Waals surface area (Å²) >= 11 is 0. The lowest BCUT2D eigenvalue weighted by Crippen LogP contribution is -2.07. The normalized spacial score (nSPS) is 3.14. The van der Waals surface area contributed by atoms with Gasteiger partial charge in [-0.1, -0.05) is 0 Å². The van der Waals surface area contributed by atoms with E-state index in [-0.39, 0.29) is 136 Å². The van der Waals surface area contributed by atoms with E-state index in [1.165, 1.54) is 0 Å². The molecule has 0 aliphatic carbocycles. The van der Waals surface area contributed by atoms with Crippen LogP contribution in [0, 0.1) is 0 Å². The van der Waals surface area contributed by atoms with Gasteiger partial charge in [-0.15, -0.1) is 0 Å². The van der Waals surface area contributed by atoms with E-state index >= 15 is 0 Å². The largest absolute Gasteiger partial charge is 0.631 e. The Balaban J connectivity index is -0.00000000222. The summed E-state index contributed by atoms with van der Waals surface area (Å²) in [7, 11) is -10.8. The van der Waals surface area contributed by atoms with Crippen LogP contribution in [0.3, 0.4) is 0 Å². The number of hydrogen-bond donors (Lipinski definition) is 30. The van der Waals surface area contributed by atoms with Crippen molar-refractivity contribution in [2.75, 3.05) is 0 Å². The van der Waals surface area contributed by atoms with E-state index in [9.17, 15) is 0 Å². The van der Waals surface area contributed by atoms with Gasteiger partial charge < -0.3 is 211 Å². The maximum Gasteiger partial charge on any atom is 0.631 e. The molecule has 0 saturated carbocycles. The Bertz CT molecular complexity index is 118. The molecule has 0 aliphatic heterocycles. The van der Waals surface area contributed by atoms with Crippen molar-refractivity contribution in [2.24, 2.45) is 0 Å². The van der Waals surface area contributed by atoms with E-state index in [0.29, 0.717) is 0 Å². The maximum atomic E-state index is 7.17. The fourth-order valence-corrected chi connectivity index (χ4v) is 0. The summed E-state index contributed by atoms with van der Waals surface area (Å²) in [6, 6.07) is 0. The van der Waals surface area contributed by atoms with Crippen molar-refractivity contribution < 1.29 is 119 Å². The zero-order valence-corrected chi connectivity index (χ0v) is 24.2. The molecule has 43 heteroatoms. The molecule has 0 spiro atoms. The first kappa shape index (κ1) is 365. The van der Waals surface area contributed by atoms with Crippen molar-refractivity contribution >= 4 is 36.6 Å². The summed E-state index contributed by atoms with van der Waals surface area (Å²) in [5, 5.41) is 108. The monoisotopic (exact) mass is 710 g/mol. The van der Waals surface area contributed by atoms with Crippen LogP contribution in [0.4, 0.5) is 0 Å². The van der Waals surface area contributed by atoms with E-state index in [4.69, 9.17) is 75.4 Å². The second kappa shape index (κ2) is 339. The van der Waals surface area contributed by atoms with E-state index in [1.54, 1.807) is 0 Å². The van der Waals surface area contributed by atoms with Crippen LogP contribution in [0.2, 0.25) is 0 Å². The molecule has 0 aromatic heterocycles. The third kappa shape index (κ3) is 43000. The highest BCUT2D eigenvalue weighted by Crippen LogP contribution is 1.41. The Morgan fingerprint density at radius 2 is 0.140 bits per heavy atom. The Hall–Kier alpha value is -1.20. The Morgan fingerprint density at radius 1 is 0.140 bits per heavy atom. The molecule has 0 atom stereocenters. The molecular formula is H76B5N15O23.